The molecule has 0 saturated heterocycles. The number of nitrogens with two attached hydrogens (primary N) is 1. The van der Waals surface area contributed by atoms with Gasteiger partial charge in [0.05, 0.1) is 18.3 Å². The summed E-state index contributed by atoms with van der Waals surface area (Å²) in [6.45, 7) is 11.8. The summed E-state index contributed by atoms with van der Waals surface area (Å²) in [5.74, 6) is 0.595. The molecule has 37 heavy (non-hydrogen) atoms. The van der Waals surface area contributed by atoms with E-state index in [1.807, 2.05) is 26.0 Å². The molecule has 8 nitrogen and oxygen atoms in total. The highest BCUT2D eigenvalue weighted by molar-refractivity contribution is 5.96. The number of methoxy groups -OCH3 is 1. The lowest BCUT2D eigenvalue weighted by Gasteiger charge is -2.29. The molecule has 0 bridgehead atoms. The number of unbranched alkanes of at least 4 members (excludes halogenated alkanes) is 2. The highest BCUT2D eigenvalue weighted by Gasteiger charge is 2.28. The first-order valence-corrected chi connectivity index (χ1v) is 13.7. The number of carbonyl (C=O) groups excluding carboxylic acids is 2. The SMILES string of the molecule is CCCCC(C)(C)C(=O)NC[C@H](O)[C@@H](N)C[C@H](CNC(=O)c1ccccc1OCCCCOC)C(C)C. The van der Waals surface area contributed by atoms with E-state index in [0.29, 0.717) is 37.5 Å². The van der Waals surface area contributed by atoms with Crippen molar-refractivity contribution in [1.29, 1.82) is 0 Å². The minimum atomic E-state index is -0.866. The van der Waals surface area contributed by atoms with Gasteiger partial charge in [-0.1, -0.05) is 59.6 Å². The first-order chi connectivity index (χ1) is 17.5. The lowest BCUT2D eigenvalue weighted by molar-refractivity contribution is -0.130. The van der Waals surface area contributed by atoms with Crippen LogP contribution in [0, 0.1) is 17.3 Å². The van der Waals surface area contributed by atoms with Crippen molar-refractivity contribution in [2.24, 2.45) is 23.0 Å². The second-order valence-electron chi connectivity index (χ2n) is 10.9. The average Bonchev–Trinajstić information content (AvgIpc) is 2.87. The Labute approximate surface area is 224 Å². The van der Waals surface area contributed by atoms with Gasteiger partial charge in [0.1, 0.15) is 5.75 Å². The maximum Gasteiger partial charge on any atom is 0.255 e. The molecule has 0 aliphatic rings. The van der Waals surface area contributed by atoms with Crippen LogP contribution in [0.3, 0.4) is 0 Å². The Morgan fingerprint density at radius 3 is 2.38 bits per heavy atom. The molecule has 0 aliphatic heterocycles. The van der Waals surface area contributed by atoms with E-state index >= 15 is 0 Å². The van der Waals surface area contributed by atoms with Gasteiger partial charge < -0.3 is 30.9 Å². The van der Waals surface area contributed by atoms with Crippen LogP contribution in [0.2, 0.25) is 0 Å². The Hall–Kier alpha value is -2.16. The number of hydrogen-bond donors (Lipinski definition) is 4. The molecular formula is C29H51N3O5. The Kier molecular flexibility index (Phi) is 15.4. The summed E-state index contributed by atoms with van der Waals surface area (Å²) in [5.41, 5.74) is 6.34. The van der Waals surface area contributed by atoms with Crippen molar-refractivity contribution in [2.75, 3.05) is 33.4 Å². The van der Waals surface area contributed by atoms with E-state index in [9.17, 15) is 14.7 Å². The van der Waals surface area contributed by atoms with Crippen molar-refractivity contribution in [3.63, 3.8) is 0 Å². The highest BCUT2D eigenvalue weighted by atomic mass is 16.5. The third kappa shape index (κ3) is 12.3. The van der Waals surface area contributed by atoms with Crippen LogP contribution in [0.1, 0.15) is 83.5 Å². The van der Waals surface area contributed by atoms with Gasteiger partial charge >= 0.3 is 0 Å². The smallest absolute Gasteiger partial charge is 0.255 e. The Morgan fingerprint density at radius 2 is 1.73 bits per heavy atom. The third-order valence-corrected chi connectivity index (χ3v) is 6.91. The maximum atomic E-state index is 13.0. The van der Waals surface area contributed by atoms with Crippen LogP contribution in [-0.4, -0.2) is 62.5 Å². The number of rotatable bonds is 19. The summed E-state index contributed by atoms with van der Waals surface area (Å²) < 4.78 is 10.9. The Balaban J connectivity index is 2.62. The molecule has 0 fully saturated rings. The summed E-state index contributed by atoms with van der Waals surface area (Å²) in [6.07, 6.45) is 4.21. The molecule has 0 aromatic heterocycles. The topological polar surface area (TPSA) is 123 Å². The molecule has 212 valence electrons. The summed E-state index contributed by atoms with van der Waals surface area (Å²) in [6, 6.07) is 6.70. The summed E-state index contributed by atoms with van der Waals surface area (Å²) >= 11 is 0. The number of carbonyl (C=O) groups is 2. The van der Waals surface area contributed by atoms with E-state index < -0.39 is 17.6 Å². The summed E-state index contributed by atoms with van der Waals surface area (Å²) in [4.78, 5) is 25.5. The van der Waals surface area contributed by atoms with Gasteiger partial charge in [-0.25, -0.2) is 0 Å². The normalized spacial score (nSPS) is 14.2. The molecule has 0 aliphatic carbocycles. The van der Waals surface area contributed by atoms with Crippen LogP contribution in [0.4, 0.5) is 0 Å². The molecule has 1 aromatic rings. The standard InChI is InChI=1S/C29H51N3O5/c1-7-8-15-29(4,5)28(35)32-20-25(33)24(30)18-22(21(2)3)19-31-27(34)23-13-9-10-14-26(23)37-17-12-11-16-36-6/h9-10,13-14,21-22,24-25,33H,7-8,11-12,15-20,30H2,1-6H3,(H,31,34)(H,32,35)/t22-,24+,25+/m1/s1. The fraction of sp³-hybridized carbons (Fsp3) is 0.724. The summed E-state index contributed by atoms with van der Waals surface area (Å²) in [7, 11) is 1.67. The zero-order chi connectivity index (χ0) is 27.8. The number of benzene rings is 1. The number of amides is 2. The summed E-state index contributed by atoms with van der Waals surface area (Å²) in [5, 5.41) is 16.5. The van der Waals surface area contributed by atoms with Gasteiger partial charge in [-0.3, -0.25) is 9.59 Å². The van der Waals surface area contributed by atoms with Crippen LogP contribution in [0.25, 0.3) is 0 Å². The van der Waals surface area contributed by atoms with Crippen LogP contribution >= 0.6 is 0 Å². The fourth-order valence-corrected chi connectivity index (χ4v) is 4.05. The van der Waals surface area contributed by atoms with Crippen molar-refractivity contribution >= 4 is 11.8 Å². The van der Waals surface area contributed by atoms with Crippen LogP contribution in [0.15, 0.2) is 24.3 Å². The van der Waals surface area contributed by atoms with Crippen LogP contribution in [0.5, 0.6) is 5.75 Å². The fourth-order valence-electron chi connectivity index (χ4n) is 4.05. The quantitative estimate of drug-likeness (QED) is 0.205. The molecule has 1 aromatic carbocycles. The van der Waals surface area contributed by atoms with Crippen molar-refractivity contribution in [3.8, 4) is 5.75 Å². The van der Waals surface area contributed by atoms with Gasteiger partial charge in [0.25, 0.3) is 5.91 Å². The van der Waals surface area contributed by atoms with Crippen molar-refractivity contribution < 1.29 is 24.2 Å². The number of aliphatic hydroxyl groups excluding tert-OH is 1. The van der Waals surface area contributed by atoms with E-state index in [-0.39, 0.29) is 30.2 Å². The van der Waals surface area contributed by atoms with Crippen LogP contribution in [-0.2, 0) is 9.53 Å². The van der Waals surface area contributed by atoms with Gasteiger partial charge in [0, 0.05) is 38.3 Å². The largest absolute Gasteiger partial charge is 0.493 e. The zero-order valence-corrected chi connectivity index (χ0v) is 23.8. The van der Waals surface area contributed by atoms with Gasteiger partial charge in [-0.15, -0.1) is 0 Å². The predicted octanol–water partition coefficient (Wildman–Crippen LogP) is 3.90. The monoisotopic (exact) mass is 521 g/mol. The van der Waals surface area contributed by atoms with Gasteiger partial charge in [-0.2, -0.15) is 0 Å². The number of ether oxygens (including phenoxy) is 2. The maximum absolute atomic E-state index is 13.0. The van der Waals surface area contributed by atoms with Crippen molar-refractivity contribution in [3.05, 3.63) is 29.8 Å². The highest BCUT2D eigenvalue weighted by Crippen LogP contribution is 2.24. The lowest BCUT2D eigenvalue weighted by Crippen LogP contribution is -2.48. The van der Waals surface area contributed by atoms with E-state index in [0.717, 1.165) is 32.1 Å². The molecule has 0 unspecified atom stereocenters. The second-order valence-corrected chi connectivity index (χ2v) is 10.9. The number of nitrogens with one attached hydrogen (secondary N) is 2. The Morgan fingerprint density at radius 1 is 1.05 bits per heavy atom. The third-order valence-electron chi connectivity index (χ3n) is 6.91. The molecule has 5 N–H and O–H groups in total. The van der Waals surface area contributed by atoms with E-state index in [4.69, 9.17) is 15.2 Å². The zero-order valence-electron chi connectivity index (χ0n) is 23.8. The molecule has 3 atom stereocenters. The van der Waals surface area contributed by atoms with Crippen molar-refractivity contribution in [2.45, 2.75) is 85.3 Å². The molecule has 0 spiro atoms. The predicted molar refractivity (Wildman–Crippen MR) is 149 cm³/mol. The van der Waals surface area contributed by atoms with Gasteiger partial charge in [-0.05, 0) is 49.7 Å². The molecule has 8 heteroatoms. The Bertz CT molecular complexity index is 800. The lowest BCUT2D eigenvalue weighted by atomic mass is 9.85. The first-order valence-electron chi connectivity index (χ1n) is 13.7. The number of hydrogen-bond acceptors (Lipinski definition) is 6. The number of para-hydroxylation sites is 1. The van der Waals surface area contributed by atoms with Crippen LogP contribution < -0.4 is 21.1 Å². The molecule has 1 rings (SSSR count). The molecule has 0 radical (unpaired) electrons. The first kappa shape index (κ1) is 32.9. The minimum absolute atomic E-state index is 0.0624. The van der Waals surface area contributed by atoms with Gasteiger partial charge in [0.2, 0.25) is 5.91 Å². The van der Waals surface area contributed by atoms with Crippen molar-refractivity contribution in [1.82, 2.24) is 10.6 Å². The van der Waals surface area contributed by atoms with Gasteiger partial charge in [0.15, 0.2) is 0 Å². The van der Waals surface area contributed by atoms with E-state index in [1.165, 1.54) is 0 Å². The minimum Gasteiger partial charge on any atom is -0.493 e. The molecule has 0 saturated carbocycles. The van der Waals surface area contributed by atoms with E-state index in [1.54, 1.807) is 19.2 Å². The molecule has 2 amide bonds. The molecular weight excluding hydrogens is 470 g/mol. The average molecular weight is 522 g/mol. The van der Waals surface area contributed by atoms with E-state index in [2.05, 4.69) is 31.4 Å². The second kappa shape index (κ2) is 17.4. The number of aliphatic hydroxyl groups is 1. The molecule has 0 heterocycles.